The Morgan fingerprint density at radius 1 is 1.44 bits per heavy atom. The average molecular weight is 247 g/mol. The number of piperidine rings is 1. The van der Waals surface area contributed by atoms with E-state index < -0.39 is 0 Å². The van der Waals surface area contributed by atoms with Gasteiger partial charge in [0.2, 0.25) is 0 Å². The van der Waals surface area contributed by atoms with E-state index in [2.05, 4.69) is 28.3 Å². The van der Waals surface area contributed by atoms with Crippen LogP contribution in [0.4, 0.5) is 0 Å². The summed E-state index contributed by atoms with van der Waals surface area (Å²) >= 11 is 0. The third kappa shape index (κ3) is 4.75. The summed E-state index contributed by atoms with van der Waals surface area (Å²) in [4.78, 5) is 6.60. The standard InChI is InChI=1S/C15H25N3/c1-18(10-6-14-4-2-8-16-12-14)11-7-15-5-3-9-17-13-15/h2,4,8,12,15,17H,3,5-7,9-11,13H2,1H3. The lowest BCUT2D eigenvalue weighted by molar-refractivity contribution is 0.275. The van der Waals surface area contributed by atoms with Crippen LogP contribution in [-0.2, 0) is 6.42 Å². The minimum Gasteiger partial charge on any atom is -0.316 e. The van der Waals surface area contributed by atoms with E-state index >= 15 is 0 Å². The van der Waals surface area contributed by atoms with E-state index in [0.29, 0.717) is 0 Å². The Morgan fingerprint density at radius 2 is 2.39 bits per heavy atom. The summed E-state index contributed by atoms with van der Waals surface area (Å²) in [5.74, 6) is 0.889. The second-order valence-corrected chi connectivity index (χ2v) is 5.42. The van der Waals surface area contributed by atoms with Gasteiger partial charge in [-0.3, -0.25) is 4.98 Å². The molecule has 0 bridgehead atoms. The van der Waals surface area contributed by atoms with Gasteiger partial charge in [0.1, 0.15) is 0 Å². The predicted octanol–water partition coefficient (Wildman–Crippen LogP) is 1.95. The van der Waals surface area contributed by atoms with Gasteiger partial charge in [-0.2, -0.15) is 0 Å². The van der Waals surface area contributed by atoms with Crippen molar-refractivity contribution in [1.82, 2.24) is 15.2 Å². The smallest absolute Gasteiger partial charge is 0.0300 e. The Bertz CT molecular complexity index is 320. The van der Waals surface area contributed by atoms with Gasteiger partial charge in [-0.1, -0.05) is 6.07 Å². The highest BCUT2D eigenvalue weighted by molar-refractivity contribution is 5.08. The molecule has 1 fully saturated rings. The summed E-state index contributed by atoms with van der Waals surface area (Å²) in [6.45, 7) is 4.78. The average Bonchev–Trinajstić information content (AvgIpc) is 2.45. The zero-order chi connectivity index (χ0) is 12.6. The van der Waals surface area contributed by atoms with E-state index in [4.69, 9.17) is 0 Å². The van der Waals surface area contributed by atoms with Gasteiger partial charge >= 0.3 is 0 Å². The quantitative estimate of drug-likeness (QED) is 0.833. The lowest BCUT2D eigenvalue weighted by atomic mass is 9.96. The molecule has 0 spiro atoms. The Kier molecular flexibility index (Phi) is 5.62. The summed E-state index contributed by atoms with van der Waals surface area (Å²) in [6, 6.07) is 4.18. The summed E-state index contributed by atoms with van der Waals surface area (Å²) in [7, 11) is 2.23. The zero-order valence-electron chi connectivity index (χ0n) is 11.4. The van der Waals surface area contributed by atoms with Crippen molar-refractivity contribution in [2.45, 2.75) is 25.7 Å². The van der Waals surface area contributed by atoms with Crippen LogP contribution in [0, 0.1) is 5.92 Å². The molecule has 2 heterocycles. The van der Waals surface area contributed by atoms with Gasteiger partial charge in [0.15, 0.2) is 0 Å². The number of nitrogens with zero attached hydrogens (tertiary/aromatic N) is 2. The topological polar surface area (TPSA) is 28.2 Å². The Morgan fingerprint density at radius 3 is 3.11 bits per heavy atom. The number of nitrogens with one attached hydrogen (secondary N) is 1. The number of hydrogen-bond acceptors (Lipinski definition) is 3. The van der Waals surface area contributed by atoms with Crippen LogP contribution < -0.4 is 5.32 Å². The van der Waals surface area contributed by atoms with Gasteiger partial charge in [-0.15, -0.1) is 0 Å². The number of rotatable bonds is 6. The second kappa shape index (κ2) is 7.49. The number of pyridine rings is 1. The van der Waals surface area contributed by atoms with Gasteiger partial charge in [-0.05, 0) is 69.9 Å². The Hall–Kier alpha value is -0.930. The third-order valence-corrected chi connectivity index (χ3v) is 3.82. The first-order chi connectivity index (χ1) is 8.84. The van der Waals surface area contributed by atoms with Crippen molar-refractivity contribution in [1.29, 1.82) is 0 Å². The van der Waals surface area contributed by atoms with Crippen molar-refractivity contribution in [3.05, 3.63) is 30.1 Å². The van der Waals surface area contributed by atoms with Crippen LogP contribution in [0.25, 0.3) is 0 Å². The molecule has 1 aliphatic heterocycles. The number of likely N-dealkylation sites (N-methyl/N-ethyl adjacent to an activating group) is 1. The monoisotopic (exact) mass is 247 g/mol. The fraction of sp³-hybridized carbons (Fsp3) is 0.667. The van der Waals surface area contributed by atoms with Crippen LogP contribution in [0.2, 0.25) is 0 Å². The lowest BCUT2D eigenvalue weighted by Gasteiger charge is -2.25. The first kappa shape index (κ1) is 13.5. The summed E-state index contributed by atoms with van der Waals surface area (Å²) < 4.78 is 0. The molecule has 1 unspecified atom stereocenters. The third-order valence-electron chi connectivity index (χ3n) is 3.82. The molecule has 0 amide bonds. The fourth-order valence-electron chi connectivity index (χ4n) is 2.55. The zero-order valence-corrected chi connectivity index (χ0v) is 11.4. The van der Waals surface area contributed by atoms with Gasteiger partial charge in [0.25, 0.3) is 0 Å². The molecule has 1 atom stereocenters. The van der Waals surface area contributed by atoms with Crippen molar-refractivity contribution >= 4 is 0 Å². The van der Waals surface area contributed by atoms with Crippen LogP contribution in [0.15, 0.2) is 24.5 Å². The van der Waals surface area contributed by atoms with Crippen LogP contribution in [0.5, 0.6) is 0 Å². The second-order valence-electron chi connectivity index (χ2n) is 5.42. The fourth-order valence-corrected chi connectivity index (χ4v) is 2.55. The minimum atomic E-state index is 0.889. The van der Waals surface area contributed by atoms with Gasteiger partial charge in [0.05, 0.1) is 0 Å². The molecule has 1 aromatic rings. The van der Waals surface area contributed by atoms with Crippen molar-refractivity contribution in [2.75, 3.05) is 33.2 Å². The van der Waals surface area contributed by atoms with Crippen LogP contribution in [0.1, 0.15) is 24.8 Å². The molecule has 2 rings (SSSR count). The SMILES string of the molecule is CN(CCc1cccnc1)CCC1CCCNC1. The van der Waals surface area contributed by atoms with Crippen LogP contribution in [0.3, 0.4) is 0 Å². The molecule has 18 heavy (non-hydrogen) atoms. The van der Waals surface area contributed by atoms with E-state index in [1.54, 1.807) is 0 Å². The predicted molar refractivity (Wildman–Crippen MR) is 75.6 cm³/mol. The summed E-state index contributed by atoms with van der Waals surface area (Å²) in [5.41, 5.74) is 1.34. The molecule has 0 saturated carbocycles. The van der Waals surface area contributed by atoms with Crippen LogP contribution in [-0.4, -0.2) is 43.1 Å². The summed E-state index contributed by atoms with van der Waals surface area (Å²) in [5, 5.41) is 3.49. The maximum atomic E-state index is 4.16. The lowest BCUT2D eigenvalue weighted by Crippen LogP contribution is -2.32. The maximum absolute atomic E-state index is 4.16. The maximum Gasteiger partial charge on any atom is 0.0300 e. The van der Waals surface area contributed by atoms with E-state index in [9.17, 15) is 0 Å². The normalized spacial score (nSPS) is 20.2. The molecule has 1 N–H and O–H groups in total. The van der Waals surface area contributed by atoms with Crippen LogP contribution >= 0.6 is 0 Å². The molecule has 0 aliphatic carbocycles. The molecule has 3 heteroatoms. The number of aromatic nitrogens is 1. The molecule has 3 nitrogen and oxygen atoms in total. The summed E-state index contributed by atoms with van der Waals surface area (Å²) in [6.07, 6.45) is 9.00. The Balaban J connectivity index is 1.61. The highest BCUT2D eigenvalue weighted by Gasteiger charge is 2.13. The number of hydrogen-bond donors (Lipinski definition) is 1. The minimum absolute atomic E-state index is 0.889. The molecular formula is C15H25N3. The van der Waals surface area contributed by atoms with E-state index in [-0.39, 0.29) is 0 Å². The molecule has 1 aliphatic rings. The van der Waals surface area contributed by atoms with Crippen molar-refractivity contribution in [2.24, 2.45) is 5.92 Å². The molecule has 1 saturated heterocycles. The Labute approximate surface area is 111 Å². The molecule has 100 valence electrons. The van der Waals surface area contributed by atoms with Gasteiger partial charge < -0.3 is 10.2 Å². The van der Waals surface area contributed by atoms with Gasteiger partial charge in [-0.25, -0.2) is 0 Å². The first-order valence-electron chi connectivity index (χ1n) is 7.13. The van der Waals surface area contributed by atoms with E-state index in [1.165, 1.54) is 44.5 Å². The van der Waals surface area contributed by atoms with Crippen molar-refractivity contribution < 1.29 is 0 Å². The van der Waals surface area contributed by atoms with Crippen molar-refractivity contribution in [3.8, 4) is 0 Å². The molecular weight excluding hydrogens is 222 g/mol. The van der Waals surface area contributed by atoms with E-state index in [1.807, 2.05) is 18.5 Å². The molecule has 0 aromatic carbocycles. The highest BCUT2D eigenvalue weighted by atomic mass is 15.1. The first-order valence-corrected chi connectivity index (χ1v) is 7.13. The van der Waals surface area contributed by atoms with Crippen molar-refractivity contribution in [3.63, 3.8) is 0 Å². The van der Waals surface area contributed by atoms with E-state index in [0.717, 1.165) is 18.9 Å². The molecule has 0 radical (unpaired) electrons. The van der Waals surface area contributed by atoms with Gasteiger partial charge in [0, 0.05) is 18.9 Å². The largest absolute Gasteiger partial charge is 0.316 e. The molecule has 1 aromatic heterocycles. The highest BCUT2D eigenvalue weighted by Crippen LogP contribution is 2.14.